The monoisotopic (exact) mass is 358 g/mol. The van der Waals surface area contributed by atoms with Crippen LogP contribution in [0, 0.1) is 6.92 Å². The molecular weight excluding hydrogens is 336 g/mol. The van der Waals surface area contributed by atoms with Gasteiger partial charge in [-0.05, 0) is 38.3 Å². The average molecular weight is 358 g/mol. The number of carbonyl (C=O) groups excluding carboxylic acids is 2. The second-order valence-electron chi connectivity index (χ2n) is 6.26. The minimum Gasteiger partial charge on any atom is -0.333 e. The fourth-order valence-electron chi connectivity index (χ4n) is 2.96. The van der Waals surface area contributed by atoms with Gasteiger partial charge in [-0.15, -0.1) is 10.2 Å². The Morgan fingerprint density at radius 3 is 2.76 bits per heavy atom. The van der Waals surface area contributed by atoms with Gasteiger partial charge < -0.3 is 10.2 Å². The molecule has 1 aliphatic rings. The molecule has 6 nitrogen and oxygen atoms in total. The second kappa shape index (κ2) is 7.74. The molecule has 1 aromatic carbocycles. The number of rotatable bonds is 5. The van der Waals surface area contributed by atoms with E-state index in [4.69, 9.17) is 0 Å². The molecule has 2 heterocycles. The van der Waals surface area contributed by atoms with Crippen molar-refractivity contribution in [1.29, 1.82) is 0 Å². The van der Waals surface area contributed by atoms with Crippen LogP contribution >= 0.6 is 11.3 Å². The van der Waals surface area contributed by atoms with E-state index in [1.807, 2.05) is 43.0 Å². The Labute approximate surface area is 151 Å². The average Bonchev–Trinajstić information content (AvgIpc) is 3.26. The molecule has 1 aliphatic heterocycles. The van der Waals surface area contributed by atoms with Crippen molar-refractivity contribution < 1.29 is 9.59 Å². The van der Waals surface area contributed by atoms with Gasteiger partial charge in [0.25, 0.3) is 5.91 Å². The van der Waals surface area contributed by atoms with E-state index in [-0.39, 0.29) is 17.9 Å². The molecule has 3 rings (SSSR count). The standard InChI is InChI=1S/C18H22N4O2S/c1-3-5-15(23)22-11-4-6-14(22)17-20-21-18(25-17)16(24)19-13-9-7-12(2)8-10-13/h7-10,14H,3-6,11H2,1-2H3,(H,19,24). The van der Waals surface area contributed by atoms with Crippen molar-refractivity contribution in [3.8, 4) is 0 Å². The Bertz CT molecular complexity index is 757. The van der Waals surface area contributed by atoms with Crippen LogP contribution in [0.25, 0.3) is 0 Å². The highest BCUT2D eigenvalue weighted by molar-refractivity contribution is 7.13. The molecule has 25 heavy (non-hydrogen) atoms. The first-order chi connectivity index (χ1) is 12.1. The van der Waals surface area contributed by atoms with Crippen molar-refractivity contribution >= 4 is 28.8 Å². The van der Waals surface area contributed by atoms with Crippen LogP contribution in [0.4, 0.5) is 5.69 Å². The second-order valence-corrected chi connectivity index (χ2v) is 7.27. The number of aryl methyl sites for hydroxylation is 1. The summed E-state index contributed by atoms with van der Waals surface area (Å²) >= 11 is 1.27. The highest BCUT2D eigenvalue weighted by Crippen LogP contribution is 2.34. The Kier molecular flexibility index (Phi) is 5.43. The van der Waals surface area contributed by atoms with Crippen molar-refractivity contribution in [1.82, 2.24) is 15.1 Å². The maximum atomic E-state index is 12.4. The van der Waals surface area contributed by atoms with Crippen LogP contribution in [0.15, 0.2) is 24.3 Å². The number of carbonyl (C=O) groups is 2. The molecule has 1 fully saturated rings. The fraction of sp³-hybridized carbons (Fsp3) is 0.444. The summed E-state index contributed by atoms with van der Waals surface area (Å²) in [6.45, 7) is 4.76. The zero-order valence-electron chi connectivity index (χ0n) is 14.5. The van der Waals surface area contributed by atoms with Crippen LogP contribution in [-0.4, -0.2) is 33.5 Å². The molecule has 1 N–H and O–H groups in total. The molecule has 1 atom stereocenters. The van der Waals surface area contributed by atoms with Gasteiger partial charge in [0.2, 0.25) is 10.9 Å². The van der Waals surface area contributed by atoms with Crippen molar-refractivity contribution in [2.24, 2.45) is 0 Å². The predicted molar refractivity (Wildman–Crippen MR) is 97.6 cm³/mol. The summed E-state index contributed by atoms with van der Waals surface area (Å²) in [7, 11) is 0. The lowest BCUT2D eigenvalue weighted by molar-refractivity contribution is -0.132. The Morgan fingerprint density at radius 2 is 2.04 bits per heavy atom. The quantitative estimate of drug-likeness (QED) is 0.887. The lowest BCUT2D eigenvalue weighted by Crippen LogP contribution is -2.30. The van der Waals surface area contributed by atoms with Crippen molar-refractivity contribution in [2.75, 3.05) is 11.9 Å². The summed E-state index contributed by atoms with van der Waals surface area (Å²) in [5.74, 6) is -0.108. The highest BCUT2D eigenvalue weighted by Gasteiger charge is 2.32. The van der Waals surface area contributed by atoms with Crippen LogP contribution < -0.4 is 5.32 Å². The summed E-state index contributed by atoms with van der Waals surface area (Å²) in [5.41, 5.74) is 1.86. The molecular formula is C18H22N4O2S. The molecule has 2 aromatic rings. The van der Waals surface area contributed by atoms with Crippen molar-refractivity contribution in [3.05, 3.63) is 39.8 Å². The normalized spacial score (nSPS) is 16.9. The van der Waals surface area contributed by atoms with Gasteiger partial charge in [-0.2, -0.15) is 0 Å². The van der Waals surface area contributed by atoms with Gasteiger partial charge in [0.15, 0.2) is 0 Å². The maximum Gasteiger partial charge on any atom is 0.286 e. The molecule has 1 aromatic heterocycles. The van der Waals surface area contributed by atoms with Gasteiger partial charge in [-0.3, -0.25) is 9.59 Å². The summed E-state index contributed by atoms with van der Waals surface area (Å²) < 4.78 is 0. The molecule has 1 unspecified atom stereocenters. The van der Waals surface area contributed by atoms with Crippen LogP contribution in [0.5, 0.6) is 0 Å². The summed E-state index contributed by atoms with van der Waals surface area (Å²) in [5, 5.41) is 12.1. The first kappa shape index (κ1) is 17.5. The Balaban J connectivity index is 1.70. The maximum absolute atomic E-state index is 12.4. The molecule has 0 saturated carbocycles. The third-order valence-corrected chi connectivity index (χ3v) is 5.29. The predicted octanol–water partition coefficient (Wildman–Crippen LogP) is 3.56. The number of amides is 2. The molecule has 2 amide bonds. The molecule has 0 spiro atoms. The molecule has 0 aliphatic carbocycles. The molecule has 132 valence electrons. The lowest BCUT2D eigenvalue weighted by Gasteiger charge is -2.22. The number of benzene rings is 1. The van der Waals surface area contributed by atoms with Gasteiger partial charge in [-0.25, -0.2) is 0 Å². The van der Waals surface area contributed by atoms with Crippen molar-refractivity contribution in [2.45, 2.75) is 45.6 Å². The number of nitrogens with zero attached hydrogens (tertiary/aromatic N) is 3. The van der Waals surface area contributed by atoms with Gasteiger partial charge in [0.1, 0.15) is 5.01 Å². The van der Waals surface area contributed by atoms with E-state index >= 15 is 0 Å². The first-order valence-electron chi connectivity index (χ1n) is 8.59. The van der Waals surface area contributed by atoms with Crippen molar-refractivity contribution in [3.63, 3.8) is 0 Å². The highest BCUT2D eigenvalue weighted by atomic mass is 32.1. The molecule has 7 heteroatoms. The third-order valence-electron chi connectivity index (χ3n) is 4.27. The van der Waals surface area contributed by atoms with Crippen LogP contribution in [0.2, 0.25) is 0 Å². The zero-order valence-corrected chi connectivity index (χ0v) is 15.3. The van der Waals surface area contributed by atoms with Gasteiger partial charge in [-0.1, -0.05) is 36.0 Å². The number of hydrogen-bond acceptors (Lipinski definition) is 5. The number of hydrogen-bond donors (Lipinski definition) is 1. The molecule has 0 bridgehead atoms. The van der Waals surface area contributed by atoms with Crippen LogP contribution in [-0.2, 0) is 4.79 Å². The fourth-order valence-corrected chi connectivity index (χ4v) is 3.85. The summed E-state index contributed by atoms with van der Waals surface area (Å²) in [4.78, 5) is 26.5. The van der Waals surface area contributed by atoms with E-state index in [2.05, 4.69) is 15.5 Å². The number of aromatic nitrogens is 2. The number of anilines is 1. The SMILES string of the molecule is CCCC(=O)N1CCCC1c1nnc(C(=O)Nc2ccc(C)cc2)s1. The summed E-state index contributed by atoms with van der Waals surface area (Å²) in [6.07, 6.45) is 3.23. The minimum absolute atomic E-state index is 0.0440. The van der Waals surface area contributed by atoms with Gasteiger partial charge in [0.05, 0.1) is 6.04 Å². The van der Waals surface area contributed by atoms with Gasteiger partial charge in [0, 0.05) is 18.7 Å². The largest absolute Gasteiger partial charge is 0.333 e. The Hall–Kier alpha value is -2.28. The number of likely N-dealkylation sites (tertiary alicyclic amines) is 1. The van der Waals surface area contributed by atoms with E-state index in [0.29, 0.717) is 11.4 Å². The smallest absolute Gasteiger partial charge is 0.286 e. The van der Waals surface area contributed by atoms with E-state index in [1.165, 1.54) is 11.3 Å². The Morgan fingerprint density at radius 1 is 1.28 bits per heavy atom. The van der Waals surface area contributed by atoms with Crippen LogP contribution in [0.1, 0.15) is 59.0 Å². The van der Waals surface area contributed by atoms with Gasteiger partial charge >= 0.3 is 0 Å². The lowest BCUT2D eigenvalue weighted by atomic mass is 10.2. The number of nitrogens with one attached hydrogen (secondary N) is 1. The minimum atomic E-state index is -0.267. The topological polar surface area (TPSA) is 75.2 Å². The first-order valence-corrected chi connectivity index (χ1v) is 9.41. The van der Waals surface area contributed by atoms with E-state index < -0.39 is 0 Å². The zero-order chi connectivity index (χ0) is 17.8. The van der Waals surface area contributed by atoms with E-state index in [1.54, 1.807) is 0 Å². The van der Waals surface area contributed by atoms with E-state index in [9.17, 15) is 9.59 Å². The summed E-state index contributed by atoms with van der Waals surface area (Å²) in [6, 6.07) is 7.56. The van der Waals surface area contributed by atoms with Crippen LogP contribution in [0.3, 0.4) is 0 Å². The third kappa shape index (κ3) is 4.04. The molecule has 1 saturated heterocycles. The van der Waals surface area contributed by atoms with E-state index in [0.717, 1.165) is 42.1 Å². The molecule has 0 radical (unpaired) electrons.